The molecule has 0 saturated carbocycles. The lowest BCUT2D eigenvalue weighted by Crippen LogP contribution is -2.27. The fourth-order valence-electron chi connectivity index (χ4n) is 2.06. The maximum Gasteiger partial charge on any atom is 0.392 e. The number of carboxylic acids is 2. The zero-order valence-electron chi connectivity index (χ0n) is 27.6. The lowest BCUT2D eigenvalue weighted by atomic mass is 10.2. The standard InChI is InChI=1S/C10H14N2O5.C6H4O5.C6H4O3.C5H12.C3H10N2.H2O.H2/c1-11-5-6-12-17-10(14)8-4-3-7(16-8)9(13)15-2;7-5(8)3-1-2-4(11-3)6(9)10;7-3-5-1-2-6(4-8)9-5;1-4-5(2)3;1-3(5)2-4;;/h3-4,11-12H,5-6H2,1-2H3;1-2H,(H,7,8)(H,9,10);1-4H;5H,4H2,1-3H3;3H,2,4-5H2,1H3;1H2;1H/i;;;;;;1+1. The third-order valence-corrected chi connectivity index (χ3v) is 4.93. The summed E-state index contributed by atoms with van der Waals surface area (Å²) in [5.41, 5.74) is 12.7. The van der Waals surface area contributed by atoms with Crippen LogP contribution in [0.25, 0.3) is 0 Å². The molecular weight excluding hydrogens is 640 g/mol. The lowest BCUT2D eigenvalue weighted by Gasteiger charge is -2.02. The van der Waals surface area contributed by atoms with E-state index in [1.165, 1.54) is 37.8 Å². The summed E-state index contributed by atoms with van der Waals surface area (Å²) in [5.74, 6) is -3.52. The van der Waals surface area contributed by atoms with Gasteiger partial charge in [-0.05, 0) is 56.3 Å². The number of carboxylic acid groups (broad SMARTS) is 2. The van der Waals surface area contributed by atoms with Crippen LogP contribution in [0.5, 0.6) is 0 Å². The molecule has 0 aliphatic carbocycles. The van der Waals surface area contributed by atoms with Crippen molar-refractivity contribution in [2.75, 3.05) is 33.8 Å². The summed E-state index contributed by atoms with van der Waals surface area (Å²) in [6.07, 6.45) is 2.40. The quantitative estimate of drug-likeness (QED) is 0.0687. The van der Waals surface area contributed by atoms with E-state index in [0.29, 0.717) is 32.2 Å². The Kier molecular flexibility index (Phi) is 27.7. The topological polar surface area (TPSA) is 308 Å². The molecule has 10 N–H and O–H groups in total. The van der Waals surface area contributed by atoms with E-state index in [1.807, 2.05) is 6.92 Å². The molecule has 0 fully saturated rings. The fraction of sp³-hybridized carbons (Fsp3) is 0.400. The van der Waals surface area contributed by atoms with Crippen LogP contribution in [0, 0.1) is 5.92 Å². The van der Waals surface area contributed by atoms with Crippen LogP contribution in [0.2, 0.25) is 0 Å². The van der Waals surface area contributed by atoms with Crippen molar-refractivity contribution in [3.8, 4) is 0 Å². The van der Waals surface area contributed by atoms with Crippen molar-refractivity contribution in [2.45, 2.75) is 40.2 Å². The van der Waals surface area contributed by atoms with E-state index >= 15 is 0 Å². The molecule has 272 valence electrons. The number of hydroxylamine groups is 1. The number of hydrogen-bond acceptors (Lipinski definition) is 15. The third kappa shape index (κ3) is 22.4. The summed E-state index contributed by atoms with van der Waals surface area (Å²) in [7, 11) is 3.00. The van der Waals surface area contributed by atoms with Crippen LogP contribution < -0.4 is 22.3 Å². The van der Waals surface area contributed by atoms with Gasteiger partial charge in [0.2, 0.25) is 23.0 Å². The van der Waals surface area contributed by atoms with Gasteiger partial charge in [0.15, 0.2) is 24.1 Å². The number of ether oxygens (including phenoxy) is 1. The fourth-order valence-corrected chi connectivity index (χ4v) is 2.06. The molecule has 18 nitrogen and oxygen atoms in total. The van der Waals surface area contributed by atoms with Crippen molar-refractivity contribution < 1.29 is 68.7 Å². The number of rotatable bonds is 12. The Bertz CT molecular complexity index is 1290. The molecule has 0 spiro atoms. The van der Waals surface area contributed by atoms with Gasteiger partial charge >= 0.3 is 23.9 Å². The highest BCUT2D eigenvalue weighted by Gasteiger charge is 2.17. The number of aromatic carboxylic acids is 2. The minimum Gasteiger partial charge on any atom is -0.475 e. The molecule has 0 aliphatic rings. The van der Waals surface area contributed by atoms with Gasteiger partial charge in [-0.15, -0.1) is 0 Å². The highest BCUT2D eigenvalue weighted by atomic mass is 16.7. The SMILES string of the molecule is CC(N)CN.CCC(C)C.CNCCNOC(=O)c1ccc(C(=O)OC)o1.O.O=C(O)c1ccc(C(=O)O)o1.O=Cc1ccc(C=O)o1.[2HH]. The first-order valence-electron chi connectivity index (χ1n) is 14.0. The van der Waals surface area contributed by atoms with Gasteiger partial charge in [-0.1, -0.05) is 27.2 Å². The number of aldehydes is 2. The molecule has 3 heterocycles. The molecule has 0 amide bonds. The first-order valence-corrected chi connectivity index (χ1v) is 14.0. The van der Waals surface area contributed by atoms with Gasteiger partial charge < -0.3 is 55.3 Å². The van der Waals surface area contributed by atoms with Crippen LogP contribution in [0.15, 0.2) is 49.6 Å². The zero-order valence-corrected chi connectivity index (χ0v) is 27.6. The van der Waals surface area contributed by atoms with E-state index in [4.69, 9.17) is 26.1 Å². The Morgan fingerprint density at radius 3 is 1.52 bits per heavy atom. The van der Waals surface area contributed by atoms with Crippen molar-refractivity contribution in [1.29, 1.82) is 0 Å². The molecular formula is C30H48N4O14. The highest BCUT2D eigenvalue weighted by molar-refractivity contribution is 5.90. The number of carbonyl (C=O) groups is 6. The van der Waals surface area contributed by atoms with E-state index in [0.717, 1.165) is 18.1 Å². The Labute approximate surface area is 278 Å². The number of furan rings is 3. The van der Waals surface area contributed by atoms with Crippen LogP contribution >= 0.6 is 0 Å². The molecule has 48 heavy (non-hydrogen) atoms. The summed E-state index contributed by atoms with van der Waals surface area (Å²) in [6.45, 7) is 10.2. The van der Waals surface area contributed by atoms with Crippen LogP contribution in [0.1, 0.15) is 98.9 Å². The second kappa shape index (κ2) is 28.1. The van der Waals surface area contributed by atoms with Crippen molar-refractivity contribution in [2.24, 2.45) is 17.4 Å². The molecule has 18 heteroatoms. The molecule has 0 aliphatic heterocycles. The Morgan fingerprint density at radius 1 is 0.833 bits per heavy atom. The summed E-state index contributed by atoms with van der Waals surface area (Å²) < 4.78 is 18.4. The van der Waals surface area contributed by atoms with Crippen LogP contribution in [0.3, 0.4) is 0 Å². The van der Waals surface area contributed by atoms with Crippen LogP contribution in [-0.2, 0) is 9.57 Å². The summed E-state index contributed by atoms with van der Waals surface area (Å²) >= 11 is 0. The first kappa shape index (κ1) is 47.3. The van der Waals surface area contributed by atoms with Gasteiger partial charge in [0.25, 0.3) is 0 Å². The van der Waals surface area contributed by atoms with Crippen molar-refractivity contribution in [1.82, 2.24) is 10.8 Å². The lowest BCUT2D eigenvalue weighted by molar-refractivity contribution is 0.0218. The predicted octanol–water partition coefficient (Wildman–Crippen LogP) is 2.29. The smallest absolute Gasteiger partial charge is 0.392 e. The number of hydrogen-bond donors (Lipinski definition) is 6. The molecule has 0 saturated heterocycles. The Balaban J connectivity index is -0.000000276. The molecule has 1 unspecified atom stereocenters. The molecule has 0 aromatic carbocycles. The van der Waals surface area contributed by atoms with E-state index < -0.39 is 23.9 Å². The number of nitrogens with one attached hydrogen (secondary N) is 2. The third-order valence-electron chi connectivity index (χ3n) is 4.93. The predicted molar refractivity (Wildman–Crippen MR) is 173 cm³/mol. The van der Waals surface area contributed by atoms with Gasteiger partial charge in [-0.25, -0.2) is 19.2 Å². The van der Waals surface area contributed by atoms with E-state index in [2.05, 4.69) is 50.0 Å². The average molecular weight is 690 g/mol. The van der Waals surface area contributed by atoms with Gasteiger partial charge in [0.05, 0.1) is 7.11 Å². The maximum atomic E-state index is 11.4. The monoisotopic (exact) mass is 689 g/mol. The second-order valence-electron chi connectivity index (χ2n) is 9.31. The number of likely N-dealkylation sites (N-methyl/N-ethyl adjacent to an activating group) is 1. The highest BCUT2D eigenvalue weighted by Crippen LogP contribution is 2.10. The molecule has 3 aromatic heterocycles. The summed E-state index contributed by atoms with van der Waals surface area (Å²) in [5, 5.41) is 19.5. The van der Waals surface area contributed by atoms with E-state index in [1.54, 1.807) is 7.05 Å². The van der Waals surface area contributed by atoms with Crippen LogP contribution in [-0.4, -0.2) is 92.0 Å². The van der Waals surface area contributed by atoms with Gasteiger partial charge in [0, 0.05) is 27.1 Å². The number of esters is 1. The molecule has 1 atom stereocenters. The minimum absolute atomic E-state index is 0. The zero-order chi connectivity index (χ0) is 36.4. The van der Waals surface area contributed by atoms with Gasteiger partial charge in [-0.3, -0.25) is 9.59 Å². The molecule has 3 rings (SSSR count). The first-order chi connectivity index (χ1) is 22.2. The number of nitrogens with two attached hydrogens (primary N) is 2. The molecule has 3 aromatic rings. The second-order valence-corrected chi connectivity index (χ2v) is 9.31. The normalized spacial score (nSPS) is 9.94. The maximum absolute atomic E-state index is 11.4. The average Bonchev–Trinajstić information content (AvgIpc) is 3.85. The van der Waals surface area contributed by atoms with E-state index in [-0.39, 0.29) is 47.5 Å². The van der Waals surface area contributed by atoms with Crippen molar-refractivity contribution in [3.05, 3.63) is 71.0 Å². The minimum atomic E-state index is -1.28. The number of methoxy groups -OCH3 is 1. The number of carbonyl (C=O) groups excluding carboxylic acids is 4. The van der Waals surface area contributed by atoms with Crippen molar-refractivity contribution in [3.63, 3.8) is 0 Å². The van der Waals surface area contributed by atoms with Crippen LogP contribution in [0.4, 0.5) is 0 Å². The molecule has 0 bridgehead atoms. The molecule has 0 radical (unpaired) electrons. The van der Waals surface area contributed by atoms with Gasteiger partial charge in [0.1, 0.15) is 0 Å². The summed E-state index contributed by atoms with van der Waals surface area (Å²) in [4.78, 5) is 67.3. The Hall–Kier alpha value is -5.14. The Morgan fingerprint density at radius 2 is 1.23 bits per heavy atom. The van der Waals surface area contributed by atoms with Crippen molar-refractivity contribution >= 4 is 36.4 Å². The van der Waals surface area contributed by atoms with Gasteiger partial charge in [-0.2, -0.15) is 5.48 Å². The van der Waals surface area contributed by atoms with E-state index in [9.17, 15) is 28.8 Å². The largest absolute Gasteiger partial charge is 0.475 e. The summed E-state index contributed by atoms with van der Waals surface area (Å²) in [6, 6.07) is 7.91.